The van der Waals surface area contributed by atoms with Crippen LogP contribution in [0.4, 0.5) is 11.4 Å². The monoisotopic (exact) mass is 372 g/mol. The van der Waals surface area contributed by atoms with E-state index in [4.69, 9.17) is 0 Å². The molecule has 0 unspecified atom stereocenters. The van der Waals surface area contributed by atoms with Crippen LogP contribution < -0.4 is 10.6 Å². The van der Waals surface area contributed by atoms with Gasteiger partial charge in [-0.3, -0.25) is 9.59 Å². The fraction of sp³-hybridized carbons (Fsp3) is 0.222. The zero-order valence-corrected chi connectivity index (χ0v) is 14.2. The Morgan fingerprint density at radius 3 is 2.09 bits per heavy atom. The Hall–Kier alpha value is -2.14. The molecule has 4 nitrogen and oxygen atoms in total. The van der Waals surface area contributed by atoms with Crippen molar-refractivity contribution in [2.24, 2.45) is 0 Å². The number of anilines is 2. The highest BCUT2D eigenvalue weighted by molar-refractivity contribution is 9.10. The molecule has 2 aromatic rings. The Labute approximate surface area is 143 Å². The molecule has 23 heavy (non-hydrogen) atoms. The van der Waals surface area contributed by atoms with Crippen LogP contribution in [0.1, 0.15) is 24.0 Å². The number of para-hydroxylation sites is 1. The molecule has 4 rings (SSSR count). The summed E-state index contributed by atoms with van der Waals surface area (Å²) in [7, 11) is 0. The Bertz CT molecular complexity index is 758. The molecule has 0 radical (unpaired) electrons. The lowest BCUT2D eigenvalue weighted by atomic mass is 10.0. The Morgan fingerprint density at radius 1 is 0.739 bits per heavy atom. The van der Waals surface area contributed by atoms with Crippen LogP contribution in [0, 0.1) is 0 Å². The quantitative estimate of drug-likeness (QED) is 0.736. The normalized spacial score (nSPS) is 15.3. The van der Waals surface area contributed by atoms with E-state index in [0.717, 1.165) is 28.7 Å². The van der Waals surface area contributed by atoms with Gasteiger partial charge in [-0.15, -0.1) is 0 Å². The van der Waals surface area contributed by atoms with Crippen LogP contribution >= 0.6 is 15.9 Å². The highest BCUT2D eigenvalue weighted by Crippen LogP contribution is 2.25. The minimum Gasteiger partial charge on any atom is -0.326 e. The van der Waals surface area contributed by atoms with Gasteiger partial charge in [-0.05, 0) is 48.2 Å². The number of fused-ring (bicyclic) bond motifs is 2. The summed E-state index contributed by atoms with van der Waals surface area (Å²) < 4.78 is 1.07. The molecule has 0 saturated heterocycles. The van der Waals surface area contributed by atoms with Gasteiger partial charge in [0.05, 0.1) is 0 Å². The molecule has 2 aliphatic rings. The van der Waals surface area contributed by atoms with Crippen molar-refractivity contribution < 1.29 is 9.59 Å². The van der Waals surface area contributed by atoms with Gasteiger partial charge in [-0.2, -0.15) is 0 Å². The maximum absolute atomic E-state index is 11.0. The molecule has 0 atom stereocenters. The van der Waals surface area contributed by atoms with Crippen LogP contribution in [-0.4, -0.2) is 11.8 Å². The molecule has 2 heterocycles. The Morgan fingerprint density at radius 2 is 1.35 bits per heavy atom. The third-order valence-corrected chi connectivity index (χ3v) is 4.37. The second-order valence-electron chi connectivity index (χ2n) is 5.55. The van der Waals surface area contributed by atoms with Crippen molar-refractivity contribution in [1.82, 2.24) is 0 Å². The molecule has 118 valence electrons. The first-order valence-corrected chi connectivity index (χ1v) is 8.37. The third kappa shape index (κ3) is 3.99. The molecule has 2 aliphatic heterocycles. The van der Waals surface area contributed by atoms with Crippen molar-refractivity contribution in [1.29, 1.82) is 0 Å². The average Bonchev–Trinajstić information content (AvgIpc) is 2.55. The van der Waals surface area contributed by atoms with Crippen molar-refractivity contribution in [3.8, 4) is 0 Å². The summed E-state index contributed by atoms with van der Waals surface area (Å²) in [5.41, 5.74) is 4.38. The van der Waals surface area contributed by atoms with Gasteiger partial charge in [0.25, 0.3) is 0 Å². The van der Waals surface area contributed by atoms with Crippen LogP contribution in [-0.2, 0) is 22.4 Å². The first-order valence-electron chi connectivity index (χ1n) is 7.58. The predicted octanol–water partition coefficient (Wildman–Crippen LogP) is 3.91. The summed E-state index contributed by atoms with van der Waals surface area (Å²) in [5, 5.41) is 5.65. The predicted molar refractivity (Wildman–Crippen MR) is 94.5 cm³/mol. The van der Waals surface area contributed by atoms with Crippen LogP contribution in [0.3, 0.4) is 0 Å². The van der Waals surface area contributed by atoms with E-state index in [1.807, 2.05) is 30.3 Å². The summed E-state index contributed by atoms with van der Waals surface area (Å²) in [6, 6.07) is 13.8. The Balaban J connectivity index is 0.000000136. The van der Waals surface area contributed by atoms with Crippen LogP contribution in [0.15, 0.2) is 46.9 Å². The fourth-order valence-electron chi connectivity index (χ4n) is 2.67. The van der Waals surface area contributed by atoms with Gasteiger partial charge in [0.15, 0.2) is 0 Å². The van der Waals surface area contributed by atoms with Crippen LogP contribution in [0.2, 0.25) is 0 Å². The smallest absolute Gasteiger partial charge is 0.224 e. The van der Waals surface area contributed by atoms with E-state index in [-0.39, 0.29) is 11.8 Å². The van der Waals surface area contributed by atoms with Gasteiger partial charge in [-0.1, -0.05) is 34.1 Å². The van der Waals surface area contributed by atoms with Crippen molar-refractivity contribution >= 4 is 39.1 Å². The molecule has 2 aromatic carbocycles. The second-order valence-corrected chi connectivity index (χ2v) is 6.47. The molecule has 0 aromatic heterocycles. The van der Waals surface area contributed by atoms with Gasteiger partial charge in [0.1, 0.15) is 0 Å². The zero-order chi connectivity index (χ0) is 16.2. The molecule has 0 fully saturated rings. The van der Waals surface area contributed by atoms with Crippen molar-refractivity contribution in [2.45, 2.75) is 25.7 Å². The van der Waals surface area contributed by atoms with Gasteiger partial charge in [0, 0.05) is 28.7 Å². The van der Waals surface area contributed by atoms with Crippen LogP contribution in [0.25, 0.3) is 0 Å². The highest BCUT2D eigenvalue weighted by Gasteiger charge is 2.14. The number of carbonyl (C=O) groups is 2. The van der Waals surface area contributed by atoms with E-state index >= 15 is 0 Å². The van der Waals surface area contributed by atoms with E-state index < -0.39 is 0 Å². The number of halogens is 1. The number of carbonyl (C=O) groups excluding carboxylic acids is 2. The topological polar surface area (TPSA) is 58.2 Å². The SMILES string of the molecule is O=C1CCc2cc(Br)ccc2N1.O=C1CCc2ccccc2N1. The lowest BCUT2D eigenvalue weighted by molar-refractivity contribution is -0.117. The number of benzene rings is 2. The Kier molecular flexibility index (Phi) is 4.76. The summed E-state index contributed by atoms with van der Waals surface area (Å²) >= 11 is 3.39. The number of hydrogen-bond donors (Lipinski definition) is 2. The average molecular weight is 373 g/mol. The minimum atomic E-state index is 0.116. The van der Waals surface area contributed by atoms with Crippen molar-refractivity contribution in [2.75, 3.05) is 10.6 Å². The molecule has 0 saturated carbocycles. The highest BCUT2D eigenvalue weighted by atomic mass is 79.9. The molecule has 0 spiro atoms. The lowest BCUT2D eigenvalue weighted by Crippen LogP contribution is -2.18. The van der Waals surface area contributed by atoms with Crippen molar-refractivity contribution in [3.05, 3.63) is 58.1 Å². The van der Waals surface area contributed by atoms with Crippen molar-refractivity contribution in [3.63, 3.8) is 0 Å². The van der Waals surface area contributed by atoms with E-state index in [2.05, 4.69) is 38.7 Å². The fourth-order valence-corrected chi connectivity index (χ4v) is 3.08. The maximum Gasteiger partial charge on any atom is 0.224 e. The number of hydrogen-bond acceptors (Lipinski definition) is 2. The van der Waals surface area contributed by atoms with E-state index in [1.54, 1.807) is 0 Å². The van der Waals surface area contributed by atoms with E-state index in [9.17, 15) is 9.59 Å². The summed E-state index contributed by atoms with van der Waals surface area (Å²) in [6.07, 6.45) is 2.95. The van der Waals surface area contributed by atoms with E-state index in [1.165, 1.54) is 11.1 Å². The number of aryl methyl sites for hydroxylation is 2. The molecular weight excluding hydrogens is 356 g/mol. The second kappa shape index (κ2) is 6.96. The summed E-state index contributed by atoms with van der Waals surface area (Å²) in [6.45, 7) is 0. The lowest BCUT2D eigenvalue weighted by Gasteiger charge is -2.16. The third-order valence-electron chi connectivity index (χ3n) is 3.88. The largest absolute Gasteiger partial charge is 0.326 e. The number of amides is 2. The maximum atomic E-state index is 11.0. The standard InChI is InChI=1S/C9H8BrNO.C9H9NO/c10-7-2-3-8-6(5-7)1-4-9(12)11-8;11-9-6-5-7-3-1-2-4-8(7)10-9/h2-3,5H,1,4H2,(H,11,12);1-4H,5-6H2,(H,10,11). The molecule has 2 amide bonds. The van der Waals surface area contributed by atoms with Gasteiger partial charge in [0.2, 0.25) is 11.8 Å². The molecule has 0 aliphatic carbocycles. The van der Waals surface area contributed by atoms with Crippen LogP contribution in [0.5, 0.6) is 0 Å². The van der Waals surface area contributed by atoms with Gasteiger partial charge < -0.3 is 10.6 Å². The van der Waals surface area contributed by atoms with E-state index in [0.29, 0.717) is 12.8 Å². The summed E-state index contributed by atoms with van der Waals surface area (Å²) in [5.74, 6) is 0.244. The first-order chi connectivity index (χ1) is 11.1. The van der Waals surface area contributed by atoms with Gasteiger partial charge in [-0.25, -0.2) is 0 Å². The van der Waals surface area contributed by atoms with Gasteiger partial charge >= 0.3 is 0 Å². The molecule has 0 bridgehead atoms. The number of nitrogens with one attached hydrogen (secondary N) is 2. The summed E-state index contributed by atoms with van der Waals surface area (Å²) in [4.78, 5) is 21.9. The minimum absolute atomic E-state index is 0.116. The number of rotatable bonds is 0. The zero-order valence-electron chi connectivity index (χ0n) is 12.6. The molecule has 5 heteroatoms. The molecular formula is C18H17BrN2O2. The first kappa shape index (κ1) is 15.7. The molecule has 2 N–H and O–H groups in total.